The number of thioether (sulfide) groups is 1. The Balaban J connectivity index is 1.49. The lowest BCUT2D eigenvalue weighted by atomic mass is 9.85. The monoisotopic (exact) mass is 494 g/mol. The summed E-state index contributed by atoms with van der Waals surface area (Å²) in [6, 6.07) is 4.23. The van der Waals surface area contributed by atoms with E-state index in [1.807, 2.05) is 18.3 Å². The van der Waals surface area contributed by atoms with Crippen molar-refractivity contribution in [3.05, 3.63) is 51.1 Å². The molecule has 0 spiro atoms. The van der Waals surface area contributed by atoms with Gasteiger partial charge in [0.15, 0.2) is 16.8 Å². The van der Waals surface area contributed by atoms with Crippen LogP contribution in [0.4, 0.5) is 0 Å². The van der Waals surface area contributed by atoms with E-state index in [2.05, 4.69) is 36.6 Å². The molecule has 8 nitrogen and oxygen atoms in total. The molecule has 10 heteroatoms. The molecule has 1 saturated carbocycles. The number of carbonyl (C=O) groups excluding carboxylic acids is 1. The van der Waals surface area contributed by atoms with Gasteiger partial charge in [0.25, 0.3) is 5.56 Å². The number of carbonyl (C=O) groups is 1. The third kappa shape index (κ3) is 4.20. The fraction of sp³-hybridized carbons (Fsp3) is 0.417. The number of thiophene rings is 1. The van der Waals surface area contributed by atoms with Crippen LogP contribution in [0.25, 0.3) is 21.6 Å². The third-order valence-corrected chi connectivity index (χ3v) is 8.73. The maximum absolute atomic E-state index is 12.8. The molecule has 4 aromatic heterocycles. The lowest BCUT2D eigenvalue weighted by Gasteiger charge is -2.31. The van der Waals surface area contributed by atoms with Crippen LogP contribution in [0.15, 0.2) is 34.5 Å². The van der Waals surface area contributed by atoms with E-state index in [-0.39, 0.29) is 11.3 Å². The highest BCUT2D eigenvalue weighted by Gasteiger charge is 2.29. The van der Waals surface area contributed by atoms with Gasteiger partial charge in [0.2, 0.25) is 0 Å². The van der Waals surface area contributed by atoms with Crippen molar-refractivity contribution < 1.29 is 4.79 Å². The fourth-order valence-electron chi connectivity index (χ4n) is 4.77. The predicted molar refractivity (Wildman–Crippen MR) is 134 cm³/mol. The lowest BCUT2D eigenvalue weighted by molar-refractivity contribution is 0.102. The Morgan fingerprint density at radius 2 is 2.12 bits per heavy atom. The van der Waals surface area contributed by atoms with Gasteiger partial charge in [0, 0.05) is 24.0 Å². The number of Topliss-reactive ketones (excluding diaryl/α,β-unsaturated/α-hetero) is 1. The van der Waals surface area contributed by atoms with Gasteiger partial charge in [-0.05, 0) is 50.3 Å². The fourth-order valence-corrected chi connectivity index (χ4v) is 6.73. The second-order valence-electron chi connectivity index (χ2n) is 8.84. The molecule has 34 heavy (non-hydrogen) atoms. The predicted octanol–water partition coefficient (Wildman–Crippen LogP) is 5.19. The second-order valence-corrected chi connectivity index (χ2v) is 10.8. The molecule has 0 aromatic carbocycles. The number of hydrogen-bond acceptors (Lipinski definition) is 8. The Kier molecular flexibility index (Phi) is 6.35. The van der Waals surface area contributed by atoms with Crippen LogP contribution in [0, 0.1) is 12.8 Å². The van der Waals surface area contributed by atoms with Crippen molar-refractivity contribution in [3.63, 3.8) is 0 Å². The molecule has 0 unspecified atom stereocenters. The SMILES string of the molecule is CC(=O)c1sc2nc(CSc3nnc(-c4cccnc4)n3[C@H]3CCCC[C@@H]3C)[nH]c(=O)c2c1C. The van der Waals surface area contributed by atoms with Gasteiger partial charge >= 0.3 is 0 Å². The number of nitrogens with zero attached hydrogens (tertiary/aromatic N) is 5. The van der Waals surface area contributed by atoms with Crippen molar-refractivity contribution >= 4 is 39.1 Å². The molecule has 0 saturated heterocycles. The van der Waals surface area contributed by atoms with Crippen molar-refractivity contribution in [2.75, 3.05) is 0 Å². The molecule has 5 rings (SSSR count). The van der Waals surface area contributed by atoms with E-state index < -0.39 is 0 Å². The highest BCUT2D eigenvalue weighted by atomic mass is 32.2. The Morgan fingerprint density at radius 3 is 2.85 bits per heavy atom. The number of hydrogen-bond donors (Lipinski definition) is 1. The summed E-state index contributed by atoms with van der Waals surface area (Å²) in [6.45, 7) is 5.61. The number of nitrogens with one attached hydrogen (secondary N) is 1. The van der Waals surface area contributed by atoms with E-state index in [4.69, 9.17) is 0 Å². The van der Waals surface area contributed by atoms with Gasteiger partial charge < -0.3 is 4.98 Å². The summed E-state index contributed by atoms with van der Waals surface area (Å²) in [7, 11) is 0. The number of aromatic nitrogens is 6. The zero-order chi connectivity index (χ0) is 23.8. The van der Waals surface area contributed by atoms with E-state index >= 15 is 0 Å². The molecule has 2 atom stereocenters. The van der Waals surface area contributed by atoms with Crippen LogP contribution in [-0.2, 0) is 5.75 Å². The van der Waals surface area contributed by atoms with Crippen molar-refractivity contribution in [2.24, 2.45) is 5.92 Å². The van der Waals surface area contributed by atoms with Crippen molar-refractivity contribution in [3.8, 4) is 11.4 Å². The highest BCUT2D eigenvalue weighted by Crippen LogP contribution is 2.39. The number of rotatable bonds is 6. The van der Waals surface area contributed by atoms with E-state index in [0.717, 1.165) is 23.0 Å². The van der Waals surface area contributed by atoms with Gasteiger partial charge in [0.1, 0.15) is 10.7 Å². The molecular weight excluding hydrogens is 468 g/mol. The number of pyridine rings is 1. The number of aromatic amines is 1. The van der Waals surface area contributed by atoms with Gasteiger partial charge in [-0.2, -0.15) is 0 Å². The summed E-state index contributed by atoms with van der Waals surface area (Å²) < 4.78 is 2.26. The summed E-state index contributed by atoms with van der Waals surface area (Å²) in [5.41, 5.74) is 1.44. The maximum Gasteiger partial charge on any atom is 0.259 e. The van der Waals surface area contributed by atoms with Crippen molar-refractivity contribution in [2.45, 2.75) is 63.4 Å². The van der Waals surface area contributed by atoms with Crippen LogP contribution in [0.5, 0.6) is 0 Å². The topological polar surface area (TPSA) is 106 Å². The van der Waals surface area contributed by atoms with Crippen molar-refractivity contribution in [1.29, 1.82) is 0 Å². The van der Waals surface area contributed by atoms with Gasteiger partial charge in [-0.15, -0.1) is 21.5 Å². The number of aryl methyl sites for hydroxylation is 1. The molecular formula is C24H26N6O2S2. The molecule has 0 bridgehead atoms. The van der Waals surface area contributed by atoms with E-state index in [1.54, 1.807) is 13.1 Å². The molecule has 0 radical (unpaired) electrons. The highest BCUT2D eigenvalue weighted by molar-refractivity contribution is 7.98. The smallest absolute Gasteiger partial charge is 0.259 e. The molecule has 176 valence electrons. The van der Waals surface area contributed by atoms with E-state index in [1.165, 1.54) is 49.3 Å². The molecule has 1 aliphatic rings. The summed E-state index contributed by atoms with van der Waals surface area (Å²) >= 11 is 2.80. The minimum absolute atomic E-state index is 0.0477. The summed E-state index contributed by atoms with van der Waals surface area (Å²) in [5, 5.41) is 10.4. The third-order valence-electron chi connectivity index (χ3n) is 6.49. The minimum Gasteiger partial charge on any atom is -0.309 e. The van der Waals surface area contributed by atoms with E-state index in [0.29, 0.717) is 44.2 Å². The Morgan fingerprint density at radius 1 is 1.29 bits per heavy atom. The zero-order valence-corrected chi connectivity index (χ0v) is 21.0. The Labute approximate surface area is 205 Å². The van der Waals surface area contributed by atoms with Crippen LogP contribution in [0.3, 0.4) is 0 Å². The van der Waals surface area contributed by atoms with Gasteiger partial charge in [-0.3, -0.25) is 19.1 Å². The molecule has 0 aliphatic heterocycles. The van der Waals surface area contributed by atoms with Crippen LogP contribution in [0.1, 0.15) is 66.6 Å². The first-order chi connectivity index (χ1) is 16.4. The summed E-state index contributed by atoms with van der Waals surface area (Å²) in [5.74, 6) is 2.31. The molecule has 0 amide bonds. The molecule has 1 aliphatic carbocycles. The summed E-state index contributed by atoms with van der Waals surface area (Å²) in [4.78, 5) is 37.7. The largest absolute Gasteiger partial charge is 0.309 e. The zero-order valence-electron chi connectivity index (χ0n) is 19.4. The molecule has 1 N–H and O–H groups in total. The molecule has 4 aromatic rings. The lowest BCUT2D eigenvalue weighted by Crippen LogP contribution is -2.22. The van der Waals surface area contributed by atoms with Crippen molar-refractivity contribution in [1.82, 2.24) is 29.7 Å². The summed E-state index contributed by atoms with van der Waals surface area (Å²) in [6.07, 6.45) is 8.28. The average Bonchev–Trinajstić information content (AvgIpc) is 3.40. The van der Waals surface area contributed by atoms with Gasteiger partial charge in [0.05, 0.1) is 16.0 Å². The van der Waals surface area contributed by atoms with Crippen LogP contribution >= 0.6 is 23.1 Å². The van der Waals surface area contributed by atoms with Crippen LogP contribution < -0.4 is 5.56 Å². The van der Waals surface area contributed by atoms with Gasteiger partial charge in [-0.1, -0.05) is 31.5 Å². The number of fused-ring (bicyclic) bond motifs is 1. The average molecular weight is 495 g/mol. The maximum atomic E-state index is 12.8. The standard InChI is InChI=1S/C24H26N6O2S2/c1-13-7-4-5-9-17(13)30-21(16-8-6-10-25-11-16)28-29-24(30)33-12-18-26-22(32)19-14(2)20(15(3)31)34-23(19)27-18/h6,8,10-11,13,17H,4-5,7,9,12H2,1-3H3,(H,26,27,32)/t13-,17-/m0/s1. The van der Waals surface area contributed by atoms with Gasteiger partial charge in [-0.25, -0.2) is 4.98 Å². The van der Waals surface area contributed by atoms with Crippen LogP contribution in [0.2, 0.25) is 0 Å². The first-order valence-corrected chi connectivity index (χ1v) is 13.3. The van der Waals surface area contributed by atoms with Crippen LogP contribution in [-0.4, -0.2) is 35.5 Å². The second kappa shape index (κ2) is 9.42. The number of ketones is 1. The normalized spacial score (nSPS) is 18.4. The minimum atomic E-state index is -0.208. The first-order valence-electron chi connectivity index (χ1n) is 11.5. The Hall–Kier alpha value is -2.85. The quantitative estimate of drug-likeness (QED) is 0.290. The Bertz CT molecular complexity index is 1410. The molecule has 4 heterocycles. The van der Waals surface area contributed by atoms with E-state index in [9.17, 15) is 9.59 Å². The number of H-pyrrole nitrogens is 1. The molecule has 1 fully saturated rings. The first kappa shape index (κ1) is 22.9.